The third-order valence-corrected chi connectivity index (χ3v) is 5.58. The van der Waals surface area contributed by atoms with Crippen LogP contribution in [0.4, 0.5) is 16.2 Å². The molecule has 0 radical (unpaired) electrons. The third-order valence-electron chi connectivity index (χ3n) is 5.58. The van der Waals surface area contributed by atoms with Crippen LogP contribution in [0.5, 0.6) is 5.75 Å². The number of rotatable bonds is 8. The number of carbonyl (C=O) groups excluding carboxylic acids is 1. The number of carbonyl (C=O) groups is 2. The van der Waals surface area contributed by atoms with Gasteiger partial charge in [0.2, 0.25) is 0 Å². The van der Waals surface area contributed by atoms with E-state index in [0.717, 1.165) is 5.56 Å². The van der Waals surface area contributed by atoms with Crippen LogP contribution in [0.1, 0.15) is 43.6 Å². The van der Waals surface area contributed by atoms with Crippen LogP contribution in [0, 0.1) is 18.8 Å². The summed E-state index contributed by atoms with van der Waals surface area (Å²) in [4.78, 5) is 24.6. The largest absolute Gasteiger partial charge is 0.488 e. The molecule has 0 aromatic heterocycles. The van der Waals surface area contributed by atoms with Gasteiger partial charge in [0, 0.05) is 5.69 Å². The number of aryl methyl sites for hydroxylation is 1. The van der Waals surface area contributed by atoms with E-state index in [-0.39, 0.29) is 23.5 Å². The SMILES string of the molecule is Cc1ccc(NC(=O)Nc2cc(-c3ccccc3C(=O)O)ccc2OC(C(C)C)C(C)C)cc1. The molecule has 0 atom stereocenters. The van der Waals surface area contributed by atoms with Gasteiger partial charge in [-0.1, -0.05) is 69.7 Å². The Labute approximate surface area is 201 Å². The maximum Gasteiger partial charge on any atom is 0.336 e. The molecule has 2 amide bonds. The van der Waals surface area contributed by atoms with Gasteiger partial charge < -0.3 is 20.5 Å². The highest BCUT2D eigenvalue weighted by molar-refractivity contribution is 6.02. The van der Waals surface area contributed by atoms with Crippen LogP contribution in [0.25, 0.3) is 11.1 Å². The molecule has 3 aromatic rings. The van der Waals surface area contributed by atoms with Crippen LogP contribution in [0.3, 0.4) is 0 Å². The second kappa shape index (κ2) is 10.9. The first-order chi connectivity index (χ1) is 16.2. The summed E-state index contributed by atoms with van der Waals surface area (Å²) < 4.78 is 6.35. The van der Waals surface area contributed by atoms with E-state index in [2.05, 4.69) is 38.3 Å². The Bertz CT molecular complexity index is 1150. The molecule has 0 bridgehead atoms. The van der Waals surface area contributed by atoms with Gasteiger partial charge in [-0.25, -0.2) is 9.59 Å². The van der Waals surface area contributed by atoms with Crippen LogP contribution < -0.4 is 15.4 Å². The highest BCUT2D eigenvalue weighted by atomic mass is 16.5. The molecule has 0 heterocycles. The Morgan fingerprint density at radius 3 is 2.12 bits per heavy atom. The second-order valence-electron chi connectivity index (χ2n) is 9.08. The minimum Gasteiger partial charge on any atom is -0.488 e. The first-order valence-corrected chi connectivity index (χ1v) is 11.4. The molecule has 0 saturated heterocycles. The number of urea groups is 1. The molecule has 0 spiro atoms. The van der Waals surface area contributed by atoms with Gasteiger partial charge in [-0.05, 0) is 60.2 Å². The van der Waals surface area contributed by atoms with E-state index < -0.39 is 12.0 Å². The number of hydrogen-bond donors (Lipinski definition) is 3. The molecule has 0 aliphatic carbocycles. The zero-order chi connectivity index (χ0) is 24.8. The topological polar surface area (TPSA) is 87.7 Å². The Kier molecular flexibility index (Phi) is 7.95. The number of hydrogen-bond acceptors (Lipinski definition) is 3. The molecular formula is C28H32N2O4. The van der Waals surface area contributed by atoms with E-state index in [1.165, 1.54) is 0 Å². The number of nitrogens with one attached hydrogen (secondary N) is 2. The van der Waals surface area contributed by atoms with E-state index in [0.29, 0.717) is 28.3 Å². The smallest absolute Gasteiger partial charge is 0.336 e. The van der Waals surface area contributed by atoms with Crippen molar-refractivity contribution in [1.29, 1.82) is 0 Å². The summed E-state index contributed by atoms with van der Waals surface area (Å²) in [5, 5.41) is 15.3. The number of ether oxygens (including phenoxy) is 1. The van der Waals surface area contributed by atoms with Gasteiger partial charge in [-0.2, -0.15) is 0 Å². The average Bonchev–Trinajstić information content (AvgIpc) is 2.79. The summed E-state index contributed by atoms with van der Waals surface area (Å²) in [6, 6.07) is 19.2. The number of amides is 2. The zero-order valence-electron chi connectivity index (χ0n) is 20.3. The van der Waals surface area contributed by atoms with Gasteiger partial charge in [0.15, 0.2) is 0 Å². The molecule has 3 N–H and O–H groups in total. The summed E-state index contributed by atoms with van der Waals surface area (Å²) in [6.45, 7) is 10.4. The summed E-state index contributed by atoms with van der Waals surface area (Å²) in [7, 11) is 0. The molecular weight excluding hydrogens is 428 g/mol. The van der Waals surface area contributed by atoms with Crippen LogP contribution in [-0.2, 0) is 0 Å². The summed E-state index contributed by atoms with van der Waals surface area (Å²) >= 11 is 0. The molecule has 0 aliphatic rings. The van der Waals surface area contributed by atoms with Crippen LogP contribution in [0.2, 0.25) is 0 Å². The standard InChI is InChI=1S/C28H32N2O4/c1-17(2)26(18(3)4)34-25-15-12-20(22-8-6-7-9-23(22)27(31)32)16-24(25)30-28(33)29-21-13-10-19(5)11-14-21/h6-18,26H,1-5H3,(H,31,32)(H2,29,30,33). The Balaban J connectivity index is 1.98. The summed E-state index contributed by atoms with van der Waals surface area (Å²) in [6.07, 6.45) is -0.0575. The van der Waals surface area contributed by atoms with Crippen molar-refractivity contribution in [2.75, 3.05) is 10.6 Å². The van der Waals surface area contributed by atoms with Gasteiger partial charge in [0.25, 0.3) is 0 Å². The van der Waals surface area contributed by atoms with Crippen molar-refractivity contribution in [2.24, 2.45) is 11.8 Å². The van der Waals surface area contributed by atoms with Crippen molar-refractivity contribution < 1.29 is 19.4 Å². The lowest BCUT2D eigenvalue weighted by molar-refractivity contribution is 0.0697. The van der Waals surface area contributed by atoms with Crippen molar-refractivity contribution in [3.63, 3.8) is 0 Å². The normalized spacial score (nSPS) is 11.1. The molecule has 0 unspecified atom stereocenters. The average molecular weight is 461 g/mol. The lowest BCUT2D eigenvalue weighted by atomic mass is 9.96. The van der Waals surface area contributed by atoms with Crippen molar-refractivity contribution in [3.8, 4) is 16.9 Å². The lowest BCUT2D eigenvalue weighted by Crippen LogP contribution is -2.29. The Morgan fingerprint density at radius 2 is 1.50 bits per heavy atom. The minimum atomic E-state index is -1.01. The van der Waals surface area contributed by atoms with E-state index in [1.807, 2.05) is 37.3 Å². The van der Waals surface area contributed by atoms with Crippen LogP contribution in [-0.4, -0.2) is 23.2 Å². The van der Waals surface area contributed by atoms with Crippen molar-refractivity contribution in [2.45, 2.75) is 40.7 Å². The zero-order valence-corrected chi connectivity index (χ0v) is 20.3. The van der Waals surface area contributed by atoms with Crippen LogP contribution >= 0.6 is 0 Å². The first-order valence-electron chi connectivity index (χ1n) is 11.4. The Hall–Kier alpha value is -3.80. The highest BCUT2D eigenvalue weighted by Crippen LogP contribution is 2.34. The number of benzene rings is 3. The molecule has 6 nitrogen and oxygen atoms in total. The molecule has 3 aromatic carbocycles. The quantitative estimate of drug-likeness (QED) is 0.336. The number of anilines is 2. The van der Waals surface area contributed by atoms with Crippen molar-refractivity contribution in [1.82, 2.24) is 0 Å². The van der Waals surface area contributed by atoms with E-state index >= 15 is 0 Å². The monoisotopic (exact) mass is 460 g/mol. The van der Waals surface area contributed by atoms with Gasteiger partial charge >= 0.3 is 12.0 Å². The second-order valence-corrected chi connectivity index (χ2v) is 9.08. The number of carboxylic acid groups (broad SMARTS) is 1. The molecule has 178 valence electrons. The molecule has 6 heteroatoms. The molecule has 0 saturated carbocycles. The van der Waals surface area contributed by atoms with Crippen molar-refractivity contribution >= 4 is 23.4 Å². The minimum absolute atomic E-state index is 0.0575. The van der Waals surface area contributed by atoms with Crippen molar-refractivity contribution in [3.05, 3.63) is 77.9 Å². The summed E-state index contributed by atoms with van der Waals surface area (Å²) in [5.74, 6) is 0.0496. The van der Waals surface area contributed by atoms with Crippen LogP contribution in [0.15, 0.2) is 66.7 Å². The van der Waals surface area contributed by atoms with E-state index in [1.54, 1.807) is 36.4 Å². The van der Waals surface area contributed by atoms with Gasteiger partial charge in [0.1, 0.15) is 11.9 Å². The number of aromatic carboxylic acids is 1. The van der Waals surface area contributed by atoms with Gasteiger partial charge in [-0.3, -0.25) is 0 Å². The molecule has 34 heavy (non-hydrogen) atoms. The van der Waals surface area contributed by atoms with Gasteiger partial charge in [0.05, 0.1) is 11.3 Å². The predicted molar refractivity (Wildman–Crippen MR) is 137 cm³/mol. The lowest BCUT2D eigenvalue weighted by Gasteiger charge is -2.27. The number of carboxylic acids is 1. The molecule has 0 aliphatic heterocycles. The highest BCUT2D eigenvalue weighted by Gasteiger charge is 2.22. The fourth-order valence-electron chi connectivity index (χ4n) is 3.93. The predicted octanol–water partition coefficient (Wildman–Crippen LogP) is 7.06. The fourth-order valence-corrected chi connectivity index (χ4v) is 3.93. The fraction of sp³-hybridized carbons (Fsp3) is 0.286. The van der Waals surface area contributed by atoms with Gasteiger partial charge in [-0.15, -0.1) is 0 Å². The maximum absolute atomic E-state index is 12.8. The van der Waals surface area contributed by atoms with E-state index in [4.69, 9.17) is 4.74 Å². The maximum atomic E-state index is 12.8. The Morgan fingerprint density at radius 1 is 0.853 bits per heavy atom. The van der Waals surface area contributed by atoms with E-state index in [9.17, 15) is 14.7 Å². The molecule has 3 rings (SSSR count). The first kappa shape index (κ1) is 24.8. The molecule has 0 fully saturated rings. The summed E-state index contributed by atoms with van der Waals surface area (Å²) in [5.41, 5.74) is 3.65. The third kappa shape index (κ3) is 6.16.